The Bertz CT molecular complexity index is 870. The van der Waals surface area contributed by atoms with E-state index in [-0.39, 0.29) is 5.56 Å². The van der Waals surface area contributed by atoms with E-state index in [1.54, 1.807) is 48.3 Å². The zero-order valence-electron chi connectivity index (χ0n) is 13.6. The van der Waals surface area contributed by atoms with Crippen molar-refractivity contribution in [3.63, 3.8) is 0 Å². The summed E-state index contributed by atoms with van der Waals surface area (Å²) in [6.45, 7) is 0.490. The number of ether oxygens (including phenoxy) is 2. The fraction of sp³-hybridized carbons (Fsp3) is 0.105. The Morgan fingerprint density at radius 2 is 1.64 bits per heavy atom. The van der Waals surface area contributed by atoms with Gasteiger partial charge >= 0.3 is 11.9 Å². The fourth-order valence-electron chi connectivity index (χ4n) is 2.25. The Balaban J connectivity index is 1.64. The van der Waals surface area contributed by atoms with Gasteiger partial charge in [0.1, 0.15) is 5.75 Å². The van der Waals surface area contributed by atoms with Crippen LogP contribution in [0.4, 0.5) is 0 Å². The van der Waals surface area contributed by atoms with Gasteiger partial charge in [-0.05, 0) is 29.8 Å². The summed E-state index contributed by atoms with van der Waals surface area (Å²) in [5, 5.41) is 4.13. The second-order valence-corrected chi connectivity index (χ2v) is 5.32. The lowest BCUT2D eigenvalue weighted by Gasteiger charge is -2.04. The first-order chi connectivity index (χ1) is 12.2. The van der Waals surface area contributed by atoms with Crippen LogP contribution >= 0.6 is 0 Å². The fourth-order valence-corrected chi connectivity index (χ4v) is 2.25. The number of esters is 2. The first-order valence-electron chi connectivity index (χ1n) is 7.62. The molecule has 0 unspecified atom stereocenters. The normalized spacial score (nSPS) is 10.3. The van der Waals surface area contributed by atoms with Crippen molar-refractivity contribution in [2.45, 2.75) is 6.54 Å². The van der Waals surface area contributed by atoms with Crippen LogP contribution in [0.5, 0.6) is 5.75 Å². The Labute approximate surface area is 144 Å². The summed E-state index contributed by atoms with van der Waals surface area (Å²) in [4.78, 5) is 24.0. The van der Waals surface area contributed by atoms with Crippen LogP contribution in [0, 0.1) is 0 Å². The molecule has 0 aliphatic rings. The molecule has 2 aromatic carbocycles. The van der Waals surface area contributed by atoms with Gasteiger partial charge < -0.3 is 9.47 Å². The molecule has 0 atom stereocenters. The third-order valence-electron chi connectivity index (χ3n) is 3.57. The lowest BCUT2D eigenvalue weighted by Crippen LogP contribution is -2.12. The van der Waals surface area contributed by atoms with E-state index < -0.39 is 11.9 Å². The van der Waals surface area contributed by atoms with Crippen molar-refractivity contribution in [2.24, 2.45) is 0 Å². The van der Waals surface area contributed by atoms with Crippen LogP contribution in [0.1, 0.15) is 26.3 Å². The van der Waals surface area contributed by atoms with Gasteiger partial charge in [0.05, 0.1) is 31.0 Å². The highest BCUT2D eigenvalue weighted by Gasteiger charge is 2.16. The number of benzene rings is 2. The minimum atomic E-state index is -0.727. The van der Waals surface area contributed by atoms with Gasteiger partial charge in [-0.25, -0.2) is 9.59 Å². The maximum Gasteiger partial charge on any atom is 0.349 e. The highest BCUT2D eigenvalue weighted by atomic mass is 16.6. The molecular weight excluding hydrogens is 320 g/mol. The molecule has 3 aromatic rings. The summed E-state index contributed by atoms with van der Waals surface area (Å²) in [5.41, 5.74) is 1.54. The molecule has 0 fully saturated rings. The Kier molecular flexibility index (Phi) is 4.89. The van der Waals surface area contributed by atoms with E-state index in [2.05, 4.69) is 5.10 Å². The molecule has 1 heterocycles. The third kappa shape index (κ3) is 4.11. The Hall–Kier alpha value is -3.41. The predicted molar refractivity (Wildman–Crippen MR) is 90.5 cm³/mol. The molecule has 0 saturated heterocycles. The van der Waals surface area contributed by atoms with Crippen molar-refractivity contribution in [3.05, 3.63) is 83.7 Å². The third-order valence-corrected chi connectivity index (χ3v) is 3.57. The molecule has 0 aliphatic heterocycles. The van der Waals surface area contributed by atoms with E-state index in [4.69, 9.17) is 9.47 Å². The summed E-state index contributed by atoms with van der Waals surface area (Å²) in [5.74, 6) is -0.642. The lowest BCUT2D eigenvalue weighted by molar-refractivity contribution is 0.0397. The molecule has 0 amide bonds. The van der Waals surface area contributed by atoms with E-state index in [9.17, 15) is 9.59 Å². The molecule has 0 aliphatic carbocycles. The van der Waals surface area contributed by atoms with Crippen molar-refractivity contribution in [1.29, 1.82) is 0 Å². The summed E-state index contributed by atoms with van der Waals surface area (Å²) >= 11 is 0. The molecular formula is C19H16N2O4. The van der Waals surface area contributed by atoms with E-state index in [0.29, 0.717) is 12.1 Å². The van der Waals surface area contributed by atoms with E-state index >= 15 is 0 Å². The quantitative estimate of drug-likeness (QED) is 0.529. The van der Waals surface area contributed by atoms with Crippen molar-refractivity contribution in [1.82, 2.24) is 9.78 Å². The Morgan fingerprint density at radius 1 is 0.960 bits per heavy atom. The SMILES string of the molecule is COc1ccc(Cn2cc(C(=O)OC(=O)c3ccccc3)cn2)cc1. The van der Waals surface area contributed by atoms with Gasteiger partial charge in [-0.15, -0.1) is 0 Å². The number of hydrogen-bond donors (Lipinski definition) is 0. The van der Waals surface area contributed by atoms with Crippen molar-refractivity contribution >= 4 is 11.9 Å². The molecule has 0 bridgehead atoms. The lowest BCUT2D eigenvalue weighted by atomic mass is 10.2. The van der Waals surface area contributed by atoms with E-state index in [1.165, 1.54) is 6.20 Å². The molecule has 126 valence electrons. The number of aromatic nitrogens is 2. The van der Waals surface area contributed by atoms with Crippen molar-refractivity contribution in [2.75, 3.05) is 7.11 Å². The molecule has 0 radical (unpaired) electrons. The molecule has 6 nitrogen and oxygen atoms in total. The molecule has 0 spiro atoms. The van der Waals surface area contributed by atoms with Crippen LogP contribution < -0.4 is 4.74 Å². The van der Waals surface area contributed by atoms with Crippen LogP contribution in [0.3, 0.4) is 0 Å². The molecule has 1 aromatic heterocycles. The smallest absolute Gasteiger partial charge is 0.349 e. The molecule has 25 heavy (non-hydrogen) atoms. The minimum absolute atomic E-state index is 0.220. The van der Waals surface area contributed by atoms with Gasteiger partial charge in [0.15, 0.2) is 0 Å². The monoisotopic (exact) mass is 336 g/mol. The summed E-state index contributed by atoms with van der Waals surface area (Å²) in [6.07, 6.45) is 2.93. The average Bonchev–Trinajstić information content (AvgIpc) is 3.12. The van der Waals surface area contributed by atoms with Crippen molar-refractivity contribution in [3.8, 4) is 5.75 Å². The topological polar surface area (TPSA) is 70.4 Å². The van der Waals surface area contributed by atoms with Gasteiger partial charge in [0.2, 0.25) is 0 Å². The first kappa shape index (κ1) is 16.4. The number of nitrogens with zero attached hydrogens (tertiary/aromatic N) is 2. The Morgan fingerprint density at radius 3 is 2.32 bits per heavy atom. The number of methoxy groups -OCH3 is 1. The van der Waals surface area contributed by atoms with E-state index in [0.717, 1.165) is 11.3 Å². The highest BCUT2D eigenvalue weighted by Crippen LogP contribution is 2.13. The zero-order valence-corrected chi connectivity index (χ0v) is 13.6. The predicted octanol–water partition coefficient (Wildman–Crippen LogP) is 2.94. The maximum absolute atomic E-state index is 12.1. The largest absolute Gasteiger partial charge is 0.497 e. The minimum Gasteiger partial charge on any atom is -0.497 e. The van der Waals surface area contributed by atoms with Gasteiger partial charge in [-0.2, -0.15) is 5.10 Å². The number of hydrogen-bond acceptors (Lipinski definition) is 5. The number of carbonyl (C=O) groups excluding carboxylic acids is 2. The van der Waals surface area contributed by atoms with Gasteiger partial charge in [-0.3, -0.25) is 4.68 Å². The van der Waals surface area contributed by atoms with Crippen LogP contribution in [0.15, 0.2) is 67.0 Å². The molecule has 6 heteroatoms. The molecule has 0 saturated carbocycles. The summed E-state index contributed by atoms with van der Waals surface area (Å²) in [6, 6.07) is 15.9. The number of rotatable bonds is 5. The standard InChI is InChI=1S/C19H16N2O4/c1-24-17-9-7-14(8-10-17)12-21-13-16(11-20-21)19(23)25-18(22)15-5-3-2-4-6-15/h2-11,13H,12H2,1H3. The van der Waals surface area contributed by atoms with Crippen LogP contribution in [-0.4, -0.2) is 28.8 Å². The summed E-state index contributed by atoms with van der Waals surface area (Å²) < 4.78 is 11.6. The highest BCUT2D eigenvalue weighted by molar-refractivity contribution is 6.02. The second-order valence-electron chi connectivity index (χ2n) is 5.32. The molecule has 0 N–H and O–H groups in total. The number of carbonyl (C=O) groups is 2. The second kappa shape index (κ2) is 7.44. The zero-order chi connectivity index (χ0) is 17.6. The van der Waals surface area contributed by atoms with Gasteiger partial charge in [-0.1, -0.05) is 30.3 Å². The van der Waals surface area contributed by atoms with Crippen LogP contribution in [-0.2, 0) is 11.3 Å². The molecule has 3 rings (SSSR count). The van der Waals surface area contributed by atoms with Crippen molar-refractivity contribution < 1.29 is 19.1 Å². The average molecular weight is 336 g/mol. The van der Waals surface area contributed by atoms with Crippen LogP contribution in [0.25, 0.3) is 0 Å². The van der Waals surface area contributed by atoms with Crippen LogP contribution in [0.2, 0.25) is 0 Å². The first-order valence-corrected chi connectivity index (χ1v) is 7.62. The van der Waals surface area contributed by atoms with E-state index in [1.807, 2.05) is 24.3 Å². The van der Waals surface area contributed by atoms with Gasteiger partial charge in [0, 0.05) is 6.20 Å². The summed E-state index contributed by atoms with van der Waals surface area (Å²) in [7, 11) is 1.61. The maximum atomic E-state index is 12.1. The van der Waals surface area contributed by atoms with Gasteiger partial charge in [0.25, 0.3) is 0 Å².